The lowest BCUT2D eigenvalue weighted by molar-refractivity contribution is 0.0216. The highest BCUT2D eigenvalue weighted by molar-refractivity contribution is 7.20. The molecule has 1 aliphatic carbocycles. The SMILES string of the molecule is Cc1c(C(=O)OC2CCCCC2)sc2ncn(Cc3cccc(Cl)c3)c(=O)c12. The monoisotopic (exact) mass is 416 g/mol. The van der Waals surface area contributed by atoms with Gasteiger partial charge in [-0.1, -0.05) is 30.2 Å². The maximum Gasteiger partial charge on any atom is 0.348 e. The maximum atomic E-state index is 13.0. The van der Waals surface area contributed by atoms with E-state index in [-0.39, 0.29) is 17.6 Å². The van der Waals surface area contributed by atoms with Crippen molar-refractivity contribution in [1.82, 2.24) is 9.55 Å². The van der Waals surface area contributed by atoms with Crippen LogP contribution < -0.4 is 5.56 Å². The minimum absolute atomic E-state index is 0.0155. The summed E-state index contributed by atoms with van der Waals surface area (Å²) in [6.45, 7) is 2.17. The molecule has 7 heteroatoms. The molecule has 1 aromatic carbocycles. The van der Waals surface area contributed by atoms with Crippen molar-refractivity contribution in [2.45, 2.75) is 51.7 Å². The molecule has 3 aromatic rings. The molecule has 4 rings (SSSR count). The Labute approximate surface area is 171 Å². The smallest absolute Gasteiger partial charge is 0.348 e. The number of thiophene rings is 1. The van der Waals surface area contributed by atoms with Gasteiger partial charge in [0.05, 0.1) is 18.3 Å². The zero-order chi connectivity index (χ0) is 19.7. The van der Waals surface area contributed by atoms with Crippen LogP contribution >= 0.6 is 22.9 Å². The maximum absolute atomic E-state index is 13.0. The zero-order valence-corrected chi connectivity index (χ0v) is 17.2. The number of fused-ring (bicyclic) bond motifs is 1. The summed E-state index contributed by atoms with van der Waals surface area (Å²) in [5, 5.41) is 1.11. The first kappa shape index (κ1) is 19.2. The van der Waals surface area contributed by atoms with Crippen molar-refractivity contribution in [3.05, 3.63) is 62.0 Å². The lowest BCUT2D eigenvalue weighted by Gasteiger charge is -2.21. The highest BCUT2D eigenvalue weighted by Gasteiger charge is 2.24. The van der Waals surface area contributed by atoms with Crippen molar-refractivity contribution < 1.29 is 9.53 Å². The molecule has 5 nitrogen and oxygen atoms in total. The first-order valence-corrected chi connectivity index (χ1v) is 10.7. The van der Waals surface area contributed by atoms with Crippen LogP contribution in [0.25, 0.3) is 10.2 Å². The van der Waals surface area contributed by atoms with Crippen LogP contribution in [0, 0.1) is 6.92 Å². The fourth-order valence-corrected chi connectivity index (χ4v) is 4.92. The van der Waals surface area contributed by atoms with Crippen LogP contribution in [0.2, 0.25) is 5.02 Å². The molecule has 0 unspecified atom stereocenters. The standard InChI is InChI=1S/C21H21ClN2O3S/c1-13-17-19(28-18(13)21(26)27-16-8-3-2-4-9-16)23-12-24(20(17)25)11-14-6-5-7-15(22)10-14/h5-7,10,12,16H,2-4,8-9,11H2,1H3. The van der Waals surface area contributed by atoms with E-state index in [1.54, 1.807) is 17.6 Å². The van der Waals surface area contributed by atoms with Crippen LogP contribution in [0.15, 0.2) is 35.4 Å². The Balaban J connectivity index is 1.64. The lowest BCUT2D eigenvalue weighted by Crippen LogP contribution is -2.22. The fraction of sp³-hybridized carbons (Fsp3) is 0.381. The number of rotatable bonds is 4. The Morgan fingerprint density at radius 2 is 2.11 bits per heavy atom. The van der Waals surface area contributed by atoms with E-state index < -0.39 is 0 Å². The molecular formula is C21H21ClN2O3S. The Morgan fingerprint density at radius 3 is 2.86 bits per heavy atom. The van der Waals surface area contributed by atoms with E-state index in [4.69, 9.17) is 16.3 Å². The van der Waals surface area contributed by atoms with Crippen LogP contribution in [0.1, 0.15) is 52.9 Å². The summed E-state index contributed by atoms with van der Waals surface area (Å²) in [4.78, 5) is 31.1. The molecule has 0 bridgehead atoms. The van der Waals surface area contributed by atoms with Crippen LogP contribution in [0.5, 0.6) is 0 Å². The molecular weight excluding hydrogens is 396 g/mol. The van der Waals surface area contributed by atoms with Gasteiger partial charge in [-0.3, -0.25) is 9.36 Å². The number of esters is 1. The van der Waals surface area contributed by atoms with Crippen molar-refractivity contribution in [3.8, 4) is 0 Å². The molecule has 2 aromatic heterocycles. The molecule has 1 fully saturated rings. The molecule has 0 saturated heterocycles. The summed E-state index contributed by atoms with van der Waals surface area (Å²) in [6.07, 6.45) is 6.74. The second-order valence-electron chi connectivity index (χ2n) is 7.21. The number of hydrogen-bond donors (Lipinski definition) is 0. The summed E-state index contributed by atoms with van der Waals surface area (Å²) in [6, 6.07) is 7.38. The molecule has 0 spiro atoms. The van der Waals surface area contributed by atoms with Crippen molar-refractivity contribution in [2.24, 2.45) is 0 Å². The van der Waals surface area contributed by atoms with Gasteiger partial charge in [0.25, 0.3) is 5.56 Å². The van der Waals surface area contributed by atoms with Gasteiger partial charge in [-0.25, -0.2) is 9.78 Å². The summed E-state index contributed by atoms with van der Waals surface area (Å²) in [7, 11) is 0. The Kier molecular flexibility index (Phi) is 5.51. The minimum atomic E-state index is -0.340. The number of aryl methyl sites for hydroxylation is 1. The van der Waals surface area contributed by atoms with E-state index in [0.29, 0.717) is 32.2 Å². The molecule has 2 heterocycles. The molecule has 0 amide bonds. The third kappa shape index (κ3) is 3.84. The average molecular weight is 417 g/mol. The van der Waals surface area contributed by atoms with Gasteiger partial charge in [0.15, 0.2) is 0 Å². The Hall–Kier alpha value is -2.18. The quantitative estimate of drug-likeness (QED) is 0.564. The number of carbonyl (C=O) groups excluding carboxylic acids is 1. The highest BCUT2D eigenvalue weighted by Crippen LogP contribution is 2.29. The fourth-order valence-electron chi connectivity index (χ4n) is 3.69. The van der Waals surface area contributed by atoms with Crippen LogP contribution in [0.3, 0.4) is 0 Å². The number of aromatic nitrogens is 2. The highest BCUT2D eigenvalue weighted by atomic mass is 35.5. The van der Waals surface area contributed by atoms with Gasteiger partial charge >= 0.3 is 5.97 Å². The molecule has 0 N–H and O–H groups in total. The van der Waals surface area contributed by atoms with E-state index in [1.807, 2.05) is 18.2 Å². The number of benzene rings is 1. The van der Waals surface area contributed by atoms with Crippen molar-refractivity contribution in [1.29, 1.82) is 0 Å². The number of nitrogens with zero attached hydrogens (tertiary/aromatic N) is 2. The molecule has 28 heavy (non-hydrogen) atoms. The molecule has 0 radical (unpaired) electrons. The van der Waals surface area contributed by atoms with Crippen molar-refractivity contribution in [2.75, 3.05) is 0 Å². The van der Waals surface area contributed by atoms with Gasteiger partial charge < -0.3 is 4.74 Å². The van der Waals surface area contributed by atoms with Gasteiger partial charge in [-0.15, -0.1) is 11.3 Å². The van der Waals surface area contributed by atoms with Crippen LogP contribution in [-0.4, -0.2) is 21.6 Å². The summed E-state index contributed by atoms with van der Waals surface area (Å²) in [5.41, 5.74) is 1.41. The van der Waals surface area contributed by atoms with Gasteiger partial charge in [-0.2, -0.15) is 0 Å². The van der Waals surface area contributed by atoms with E-state index in [1.165, 1.54) is 24.1 Å². The number of ether oxygens (including phenoxy) is 1. The second kappa shape index (κ2) is 8.05. The number of hydrogen-bond acceptors (Lipinski definition) is 5. The van der Waals surface area contributed by atoms with Crippen molar-refractivity contribution in [3.63, 3.8) is 0 Å². The molecule has 1 saturated carbocycles. The molecule has 1 aliphatic rings. The van der Waals surface area contributed by atoms with E-state index in [2.05, 4.69) is 4.98 Å². The normalized spacial score (nSPS) is 15.1. The zero-order valence-electron chi connectivity index (χ0n) is 15.6. The van der Waals surface area contributed by atoms with E-state index >= 15 is 0 Å². The van der Waals surface area contributed by atoms with Crippen molar-refractivity contribution >= 4 is 39.1 Å². The number of carbonyl (C=O) groups is 1. The van der Waals surface area contributed by atoms with Crippen LogP contribution in [0.4, 0.5) is 0 Å². The predicted molar refractivity (Wildman–Crippen MR) is 111 cm³/mol. The Bertz CT molecular complexity index is 1080. The summed E-state index contributed by atoms with van der Waals surface area (Å²) < 4.78 is 7.23. The third-order valence-electron chi connectivity index (χ3n) is 5.17. The average Bonchev–Trinajstić information content (AvgIpc) is 3.02. The first-order valence-electron chi connectivity index (χ1n) is 9.47. The third-order valence-corrected chi connectivity index (χ3v) is 6.59. The second-order valence-corrected chi connectivity index (χ2v) is 8.64. The van der Waals surface area contributed by atoms with Gasteiger partial charge in [0.1, 0.15) is 15.8 Å². The minimum Gasteiger partial charge on any atom is -0.458 e. The van der Waals surface area contributed by atoms with Gasteiger partial charge in [0.2, 0.25) is 0 Å². The van der Waals surface area contributed by atoms with Crippen LogP contribution in [-0.2, 0) is 11.3 Å². The van der Waals surface area contributed by atoms with Gasteiger partial charge in [0, 0.05) is 5.02 Å². The van der Waals surface area contributed by atoms with E-state index in [0.717, 1.165) is 31.2 Å². The summed E-state index contributed by atoms with van der Waals surface area (Å²) in [5.74, 6) is -0.340. The largest absolute Gasteiger partial charge is 0.458 e. The predicted octanol–water partition coefficient (Wildman–Crippen LogP) is 4.96. The number of halogens is 1. The lowest BCUT2D eigenvalue weighted by atomic mass is 9.98. The summed E-state index contributed by atoms with van der Waals surface area (Å²) >= 11 is 7.27. The molecule has 0 atom stereocenters. The van der Waals surface area contributed by atoms with E-state index in [9.17, 15) is 9.59 Å². The molecule has 0 aliphatic heterocycles. The topological polar surface area (TPSA) is 61.2 Å². The molecule has 146 valence electrons. The first-order chi connectivity index (χ1) is 13.5. The Morgan fingerprint density at radius 1 is 1.32 bits per heavy atom. The van der Waals surface area contributed by atoms with Gasteiger partial charge in [-0.05, 0) is 55.9 Å².